The van der Waals surface area contributed by atoms with Crippen molar-refractivity contribution in [3.05, 3.63) is 23.8 Å². The summed E-state index contributed by atoms with van der Waals surface area (Å²) in [7, 11) is -1.94. The van der Waals surface area contributed by atoms with Crippen molar-refractivity contribution >= 4 is 16.4 Å². The van der Waals surface area contributed by atoms with Gasteiger partial charge in [-0.05, 0) is 42.5 Å². The lowest BCUT2D eigenvalue weighted by molar-refractivity contribution is -0.148. The van der Waals surface area contributed by atoms with Gasteiger partial charge in [-0.3, -0.25) is 0 Å². The Balaban J connectivity index is 2.51. The average molecular weight is 479 g/mol. The molecular formula is C26H46O4Si2. The molecule has 0 bridgehead atoms. The van der Waals surface area contributed by atoms with Crippen molar-refractivity contribution in [2.75, 3.05) is 20.5 Å². The van der Waals surface area contributed by atoms with Crippen LogP contribution in [0.5, 0.6) is 0 Å². The molecule has 6 heteroatoms. The van der Waals surface area contributed by atoms with Crippen LogP contribution in [-0.4, -0.2) is 53.7 Å². The van der Waals surface area contributed by atoms with Crippen molar-refractivity contribution in [1.29, 1.82) is 0 Å². The van der Waals surface area contributed by atoms with E-state index in [1.807, 2.05) is 6.92 Å². The zero-order chi connectivity index (χ0) is 24.6. The van der Waals surface area contributed by atoms with Crippen LogP contribution >= 0.6 is 0 Å². The summed E-state index contributed by atoms with van der Waals surface area (Å²) in [6.07, 6.45) is 7.12. The van der Waals surface area contributed by atoms with Gasteiger partial charge in [0.2, 0.25) is 0 Å². The van der Waals surface area contributed by atoms with Gasteiger partial charge in [-0.1, -0.05) is 71.5 Å². The molecule has 0 unspecified atom stereocenters. The molecule has 0 heterocycles. The second-order valence-electron chi connectivity index (χ2n) is 12.4. The molecule has 0 amide bonds. The number of methoxy groups -OCH3 is 1. The third kappa shape index (κ3) is 5.68. The standard InChI is InChI=1S/C26H46O4Si2/c1-20-14-15-25(5)21(18-30-32(10,11)24(2,3)4)12-13-22(29-19-28-6)23(25)26(20,27)16-17-31(7,8)9/h12-14,21-23,27H,15,18-19H2,1-11H3/t21-,22+,23+,25-,26-/m1/s1. The number of ether oxygens (including phenoxy) is 2. The van der Waals surface area contributed by atoms with Gasteiger partial charge in [-0.2, -0.15) is 0 Å². The largest absolute Gasteiger partial charge is 0.416 e. The summed E-state index contributed by atoms with van der Waals surface area (Å²) in [4.78, 5) is 0. The van der Waals surface area contributed by atoms with Gasteiger partial charge in [0, 0.05) is 25.6 Å². The predicted octanol–water partition coefficient (Wildman–Crippen LogP) is 5.77. The topological polar surface area (TPSA) is 47.9 Å². The molecule has 32 heavy (non-hydrogen) atoms. The Morgan fingerprint density at radius 3 is 2.31 bits per heavy atom. The molecule has 1 N–H and O–H groups in total. The van der Waals surface area contributed by atoms with Gasteiger partial charge in [0.15, 0.2) is 13.9 Å². The van der Waals surface area contributed by atoms with E-state index in [2.05, 4.69) is 90.1 Å². The van der Waals surface area contributed by atoms with Crippen LogP contribution in [0.25, 0.3) is 0 Å². The molecule has 0 aromatic rings. The summed E-state index contributed by atoms with van der Waals surface area (Å²) >= 11 is 0. The molecule has 0 fully saturated rings. The van der Waals surface area contributed by atoms with Crippen LogP contribution in [-0.2, 0) is 13.9 Å². The first-order chi connectivity index (χ1) is 14.5. The quantitative estimate of drug-likeness (QED) is 0.228. The fraction of sp³-hybridized carbons (Fsp3) is 0.769. The Morgan fingerprint density at radius 1 is 1.16 bits per heavy atom. The molecule has 0 aliphatic heterocycles. The maximum absolute atomic E-state index is 12.1. The smallest absolute Gasteiger partial charge is 0.192 e. The van der Waals surface area contributed by atoms with E-state index >= 15 is 0 Å². The van der Waals surface area contributed by atoms with E-state index in [0.717, 1.165) is 12.0 Å². The van der Waals surface area contributed by atoms with Gasteiger partial charge >= 0.3 is 0 Å². The average Bonchev–Trinajstić information content (AvgIpc) is 2.65. The minimum atomic E-state index is -1.89. The molecule has 2 rings (SSSR count). The van der Waals surface area contributed by atoms with E-state index in [1.54, 1.807) is 7.11 Å². The van der Waals surface area contributed by atoms with Crippen molar-refractivity contribution in [2.45, 2.75) is 90.5 Å². The monoisotopic (exact) mass is 478 g/mol. The van der Waals surface area contributed by atoms with Gasteiger partial charge in [0.05, 0.1) is 6.10 Å². The fourth-order valence-corrected chi connectivity index (χ4v) is 6.06. The second kappa shape index (κ2) is 9.52. The number of fused-ring (bicyclic) bond motifs is 1. The predicted molar refractivity (Wildman–Crippen MR) is 139 cm³/mol. The van der Waals surface area contributed by atoms with Crippen LogP contribution in [0.15, 0.2) is 23.8 Å². The lowest BCUT2D eigenvalue weighted by Gasteiger charge is -2.55. The van der Waals surface area contributed by atoms with E-state index in [9.17, 15) is 5.11 Å². The minimum Gasteiger partial charge on any atom is -0.416 e. The molecule has 0 aromatic heterocycles. The lowest BCUT2D eigenvalue weighted by Crippen LogP contribution is -2.59. The number of aliphatic hydroxyl groups is 1. The Labute approximate surface area is 198 Å². The first kappa shape index (κ1) is 27.6. The molecule has 5 atom stereocenters. The van der Waals surface area contributed by atoms with Crippen LogP contribution in [0.1, 0.15) is 41.0 Å². The molecule has 0 saturated heterocycles. The van der Waals surface area contributed by atoms with Crippen molar-refractivity contribution in [2.24, 2.45) is 17.3 Å². The molecule has 0 saturated carbocycles. The molecule has 2 aliphatic carbocycles. The highest BCUT2D eigenvalue weighted by atomic mass is 28.4. The van der Waals surface area contributed by atoms with Gasteiger partial charge < -0.3 is 19.0 Å². The maximum Gasteiger partial charge on any atom is 0.192 e. The molecule has 0 aromatic carbocycles. The van der Waals surface area contributed by atoms with Gasteiger partial charge in [0.25, 0.3) is 0 Å². The zero-order valence-corrected chi connectivity index (χ0v) is 24.3. The van der Waals surface area contributed by atoms with Crippen LogP contribution in [0, 0.1) is 28.7 Å². The molecule has 4 nitrogen and oxygen atoms in total. The third-order valence-electron chi connectivity index (χ3n) is 7.75. The third-order valence-corrected chi connectivity index (χ3v) is 13.1. The van der Waals surface area contributed by atoms with E-state index in [-0.39, 0.29) is 35.2 Å². The summed E-state index contributed by atoms with van der Waals surface area (Å²) in [5.41, 5.74) is 2.90. The van der Waals surface area contributed by atoms with Gasteiger partial charge in [-0.15, -0.1) is 5.54 Å². The summed E-state index contributed by atoms with van der Waals surface area (Å²) in [5, 5.41) is 12.3. The van der Waals surface area contributed by atoms with Gasteiger partial charge in [0.1, 0.15) is 14.9 Å². The first-order valence-electron chi connectivity index (χ1n) is 11.8. The van der Waals surface area contributed by atoms with Crippen LogP contribution in [0.4, 0.5) is 0 Å². The highest BCUT2D eigenvalue weighted by Crippen LogP contribution is 2.55. The Morgan fingerprint density at radius 2 is 1.78 bits per heavy atom. The van der Waals surface area contributed by atoms with Crippen molar-refractivity contribution < 1.29 is 19.0 Å². The van der Waals surface area contributed by atoms with Crippen molar-refractivity contribution in [1.82, 2.24) is 0 Å². The molecular weight excluding hydrogens is 432 g/mol. The number of allylic oxidation sites excluding steroid dienone is 1. The van der Waals surface area contributed by atoms with E-state index in [1.165, 1.54) is 0 Å². The number of hydrogen-bond donors (Lipinski definition) is 1. The molecule has 0 radical (unpaired) electrons. The normalized spacial score (nSPS) is 33.2. The van der Waals surface area contributed by atoms with Gasteiger partial charge in [-0.25, -0.2) is 0 Å². The van der Waals surface area contributed by atoms with Crippen molar-refractivity contribution in [3.63, 3.8) is 0 Å². The molecule has 0 spiro atoms. The fourth-order valence-electron chi connectivity index (χ4n) is 4.47. The second-order valence-corrected chi connectivity index (χ2v) is 22.0. The summed E-state index contributed by atoms with van der Waals surface area (Å²) in [6, 6.07) is 0. The number of rotatable bonds is 6. The van der Waals surface area contributed by atoms with E-state index < -0.39 is 22.0 Å². The Hall–Kier alpha value is -0.686. The highest BCUT2D eigenvalue weighted by Gasteiger charge is 2.58. The summed E-state index contributed by atoms with van der Waals surface area (Å²) < 4.78 is 18.0. The van der Waals surface area contributed by atoms with E-state index in [0.29, 0.717) is 6.61 Å². The van der Waals surface area contributed by atoms with Crippen molar-refractivity contribution in [3.8, 4) is 11.5 Å². The molecule has 182 valence electrons. The Kier molecular flexibility index (Phi) is 8.20. The van der Waals surface area contributed by atoms with Crippen LogP contribution in [0.2, 0.25) is 37.8 Å². The van der Waals surface area contributed by atoms with Crippen LogP contribution < -0.4 is 0 Å². The highest BCUT2D eigenvalue weighted by molar-refractivity contribution is 6.83. The first-order valence-corrected chi connectivity index (χ1v) is 18.3. The molecule has 2 aliphatic rings. The lowest BCUT2D eigenvalue weighted by atomic mass is 9.52. The zero-order valence-electron chi connectivity index (χ0n) is 22.3. The summed E-state index contributed by atoms with van der Waals surface area (Å²) in [6.45, 7) is 23.1. The van der Waals surface area contributed by atoms with Crippen LogP contribution in [0.3, 0.4) is 0 Å². The SMILES string of the molecule is COCO[C@H]1C=C[C@H](CO[Si](C)(C)C(C)(C)C)[C@@]2(C)CC=C(C)[C@](O)(C#C[Si](C)(C)C)[C@@H]12. The summed E-state index contributed by atoms with van der Waals surface area (Å²) in [5.74, 6) is 3.33. The Bertz CT molecular complexity index is 793. The maximum atomic E-state index is 12.1. The van der Waals surface area contributed by atoms with E-state index in [4.69, 9.17) is 13.9 Å². The minimum absolute atomic E-state index is 0.155. The number of hydrogen-bond acceptors (Lipinski definition) is 4.